The summed E-state index contributed by atoms with van der Waals surface area (Å²) in [7, 11) is 4.43. The first-order valence-corrected chi connectivity index (χ1v) is 10.1. The normalized spacial score (nSPS) is 24.0. The van der Waals surface area contributed by atoms with Crippen molar-refractivity contribution in [2.24, 2.45) is 10.9 Å². The van der Waals surface area contributed by atoms with E-state index in [1.165, 1.54) is 44.9 Å². The molecule has 1 aliphatic heterocycles. The first kappa shape index (κ1) is 23.0. The van der Waals surface area contributed by atoms with Gasteiger partial charge in [0.1, 0.15) is 0 Å². The maximum absolute atomic E-state index is 4.83. The van der Waals surface area contributed by atoms with Crippen LogP contribution in [-0.2, 0) is 0 Å². The SMILES string of the molecule is CCNC(=NCC1CN(C)CCN1C)NCCCC1CCCCC1.I. The Morgan fingerprint density at radius 2 is 1.84 bits per heavy atom. The van der Waals surface area contributed by atoms with Crippen molar-refractivity contribution in [1.29, 1.82) is 0 Å². The summed E-state index contributed by atoms with van der Waals surface area (Å²) >= 11 is 0. The fourth-order valence-electron chi connectivity index (χ4n) is 3.91. The molecule has 1 saturated carbocycles. The molecule has 1 saturated heterocycles. The lowest BCUT2D eigenvalue weighted by molar-refractivity contribution is 0.119. The summed E-state index contributed by atoms with van der Waals surface area (Å²) in [6.45, 7) is 8.40. The molecule has 0 aromatic carbocycles. The number of hydrogen-bond acceptors (Lipinski definition) is 3. The molecule has 0 spiro atoms. The van der Waals surface area contributed by atoms with Gasteiger partial charge in [0.15, 0.2) is 5.96 Å². The number of nitrogens with one attached hydrogen (secondary N) is 2. The number of guanidine groups is 1. The maximum Gasteiger partial charge on any atom is 0.191 e. The van der Waals surface area contributed by atoms with Gasteiger partial charge in [-0.3, -0.25) is 9.89 Å². The van der Waals surface area contributed by atoms with E-state index in [1.54, 1.807) is 0 Å². The lowest BCUT2D eigenvalue weighted by Gasteiger charge is -2.36. The molecule has 2 rings (SSSR count). The molecule has 1 unspecified atom stereocenters. The number of halogens is 1. The van der Waals surface area contributed by atoms with E-state index >= 15 is 0 Å². The zero-order chi connectivity index (χ0) is 17.2. The highest BCUT2D eigenvalue weighted by Gasteiger charge is 2.21. The Balaban J connectivity index is 0.00000312. The van der Waals surface area contributed by atoms with E-state index in [9.17, 15) is 0 Å². The molecular weight excluding hydrogens is 425 g/mol. The Labute approximate surface area is 172 Å². The van der Waals surface area contributed by atoms with Crippen LogP contribution < -0.4 is 10.6 Å². The van der Waals surface area contributed by atoms with Gasteiger partial charge in [-0.1, -0.05) is 32.1 Å². The summed E-state index contributed by atoms with van der Waals surface area (Å²) in [4.78, 5) is 9.68. The lowest BCUT2D eigenvalue weighted by atomic mass is 9.86. The van der Waals surface area contributed by atoms with Crippen molar-refractivity contribution in [2.75, 3.05) is 53.4 Å². The van der Waals surface area contributed by atoms with Crippen LogP contribution >= 0.6 is 24.0 Å². The van der Waals surface area contributed by atoms with Crippen LogP contribution in [0.25, 0.3) is 0 Å². The minimum atomic E-state index is 0. The number of rotatable bonds is 7. The van der Waals surface area contributed by atoms with Crippen LogP contribution in [0.4, 0.5) is 0 Å². The van der Waals surface area contributed by atoms with Crippen LogP contribution in [-0.4, -0.2) is 75.2 Å². The summed E-state index contributed by atoms with van der Waals surface area (Å²) in [5.74, 6) is 1.97. The molecule has 25 heavy (non-hydrogen) atoms. The molecule has 0 bridgehead atoms. The summed E-state index contributed by atoms with van der Waals surface area (Å²) in [5, 5.41) is 6.93. The number of nitrogens with zero attached hydrogens (tertiary/aromatic N) is 3. The number of likely N-dealkylation sites (N-methyl/N-ethyl adjacent to an activating group) is 2. The monoisotopic (exact) mass is 465 g/mol. The van der Waals surface area contributed by atoms with Gasteiger partial charge in [0.05, 0.1) is 6.54 Å². The second-order valence-corrected chi connectivity index (χ2v) is 7.69. The predicted octanol–water partition coefficient (Wildman–Crippen LogP) is 2.77. The first-order valence-electron chi connectivity index (χ1n) is 10.1. The predicted molar refractivity (Wildman–Crippen MR) is 119 cm³/mol. The van der Waals surface area contributed by atoms with Gasteiger partial charge in [-0.05, 0) is 39.8 Å². The third-order valence-electron chi connectivity index (χ3n) is 5.59. The largest absolute Gasteiger partial charge is 0.357 e. The number of aliphatic imine (C=N–C) groups is 1. The van der Waals surface area contributed by atoms with Gasteiger partial charge >= 0.3 is 0 Å². The molecule has 0 aromatic heterocycles. The van der Waals surface area contributed by atoms with E-state index in [-0.39, 0.29) is 24.0 Å². The molecule has 2 fully saturated rings. The maximum atomic E-state index is 4.83. The fourth-order valence-corrected chi connectivity index (χ4v) is 3.91. The van der Waals surface area contributed by atoms with Crippen LogP contribution in [0.15, 0.2) is 4.99 Å². The highest BCUT2D eigenvalue weighted by Crippen LogP contribution is 2.26. The van der Waals surface area contributed by atoms with Crippen LogP contribution in [0.3, 0.4) is 0 Å². The van der Waals surface area contributed by atoms with Gasteiger partial charge < -0.3 is 15.5 Å². The van der Waals surface area contributed by atoms with Crippen LogP contribution in [0.5, 0.6) is 0 Å². The average Bonchev–Trinajstić information content (AvgIpc) is 2.60. The Bertz CT molecular complexity index is 371. The van der Waals surface area contributed by atoms with E-state index in [0.717, 1.165) is 51.1 Å². The van der Waals surface area contributed by atoms with Crippen molar-refractivity contribution in [2.45, 2.75) is 57.9 Å². The van der Waals surface area contributed by atoms with Crippen LogP contribution in [0.2, 0.25) is 0 Å². The first-order chi connectivity index (χ1) is 11.7. The van der Waals surface area contributed by atoms with Crippen LogP contribution in [0.1, 0.15) is 51.9 Å². The topological polar surface area (TPSA) is 42.9 Å². The van der Waals surface area contributed by atoms with Gasteiger partial charge in [-0.15, -0.1) is 24.0 Å². The minimum Gasteiger partial charge on any atom is -0.357 e. The molecule has 1 heterocycles. The summed E-state index contributed by atoms with van der Waals surface area (Å²) < 4.78 is 0. The Kier molecular flexibility index (Phi) is 12.1. The van der Waals surface area contributed by atoms with Crippen molar-refractivity contribution >= 4 is 29.9 Å². The smallest absolute Gasteiger partial charge is 0.191 e. The molecule has 1 atom stereocenters. The lowest BCUT2D eigenvalue weighted by Crippen LogP contribution is -2.51. The highest BCUT2D eigenvalue weighted by atomic mass is 127. The van der Waals surface area contributed by atoms with E-state index in [0.29, 0.717) is 6.04 Å². The third kappa shape index (κ3) is 8.91. The number of piperazine rings is 1. The van der Waals surface area contributed by atoms with Crippen molar-refractivity contribution in [1.82, 2.24) is 20.4 Å². The summed E-state index contributed by atoms with van der Waals surface area (Å²) in [6.07, 6.45) is 9.91. The summed E-state index contributed by atoms with van der Waals surface area (Å²) in [6, 6.07) is 0.529. The molecule has 2 N–H and O–H groups in total. The Morgan fingerprint density at radius 1 is 1.08 bits per heavy atom. The molecule has 0 aromatic rings. The quantitative estimate of drug-likeness (QED) is 0.263. The highest BCUT2D eigenvalue weighted by molar-refractivity contribution is 14.0. The molecule has 0 radical (unpaired) electrons. The molecule has 1 aliphatic carbocycles. The Hall–Kier alpha value is -0.0800. The van der Waals surface area contributed by atoms with E-state index in [1.807, 2.05) is 0 Å². The van der Waals surface area contributed by atoms with Crippen LogP contribution in [0, 0.1) is 5.92 Å². The van der Waals surface area contributed by atoms with Gasteiger partial charge in [-0.25, -0.2) is 0 Å². The molecule has 5 nitrogen and oxygen atoms in total. The molecule has 6 heteroatoms. The molecular formula is C19H40IN5. The van der Waals surface area contributed by atoms with E-state index < -0.39 is 0 Å². The zero-order valence-electron chi connectivity index (χ0n) is 16.6. The third-order valence-corrected chi connectivity index (χ3v) is 5.59. The minimum absolute atomic E-state index is 0. The second kappa shape index (κ2) is 13.1. The van der Waals surface area contributed by atoms with E-state index in [2.05, 4.69) is 41.5 Å². The van der Waals surface area contributed by atoms with Crippen molar-refractivity contribution < 1.29 is 0 Å². The van der Waals surface area contributed by atoms with Crippen molar-refractivity contribution in [3.8, 4) is 0 Å². The molecule has 2 aliphatic rings. The van der Waals surface area contributed by atoms with E-state index in [4.69, 9.17) is 4.99 Å². The van der Waals surface area contributed by atoms with Gasteiger partial charge in [0.2, 0.25) is 0 Å². The van der Waals surface area contributed by atoms with Crippen molar-refractivity contribution in [3.05, 3.63) is 0 Å². The van der Waals surface area contributed by atoms with Gasteiger partial charge in [0, 0.05) is 38.8 Å². The summed E-state index contributed by atoms with van der Waals surface area (Å²) in [5.41, 5.74) is 0. The average molecular weight is 465 g/mol. The molecule has 148 valence electrons. The zero-order valence-corrected chi connectivity index (χ0v) is 18.9. The standard InChI is InChI=1S/C19H39N5.HI/c1-4-20-19(21-12-8-11-17-9-6-5-7-10-17)22-15-18-16-23(2)13-14-24(18)3;/h17-18H,4-16H2,1-3H3,(H2,20,21,22);1H. The Morgan fingerprint density at radius 3 is 2.56 bits per heavy atom. The van der Waals surface area contributed by atoms with Gasteiger partial charge in [0.25, 0.3) is 0 Å². The second-order valence-electron chi connectivity index (χ2n) is 7.69. The fraction of sp³-hybridized carbons (Fsp3) is 0.947. The number of hydrogen-bond donors (Lipinski definition) is 2. The van der Waals surface area contributed by atoms with Crippen molar-refractivity contribution in [3.63, 3.8) is 0 Å². The van der Waals surface area contributed by atoms with Gasteiger partial charge in [-0.2, -0.15) is 0 Å². The molecule has 0 amide bonds.